The molecule has 0 heterocycles. The number of allylic oxidation sites excluding steroid dienone is 2. The van der Waals surface area contributed by atoms with Crippen LogP contribution >= 0.6 is 0 Å². The van der Waals surface area contributed by atoms with E-state index in [9.17, 15) is 9.18 Å². The van der Waals surface area contributed by atoms with Crippen molar-refractivity contribution in [3.63, 3.8) is 0 Å². The highest BCUT2D eigenvalue weighted by atomic mass is 19.1. The van der Waals surface area contributed by atoms with Crippen molar-refractivity contribution in [1.82, 2.24) is 0 Å². The van der Waals surface area contributed by atoms with Crippen LogP contribution in [0.5, 0.6) is 0 Å². The van der Waals surface area contributed by atoms with E-state index in [1.54, 1.807) is 6.08 Å². The molecule has 0 radical (unpaired) electrons. The molecule has 0 aliphatic rings. The van der Waals surface area contributed by atoms with Crippen LogP contribution in [0.1, 0.15) is 5.56 Å². The lowest BCUT2D eigenvalue weighted by atomic mass is 10.2. The minimum absolute atomic E-state index is 0.891. The minimum atomic E-state index is -1.55. The summed E-state index contributed by atoms with van der Waals surface area (Å²) >= 11 is 0. The standard InChI is InChI=1S/C11H9FO2/c12-10(11(13)14)8-4-7-9-5-2-1-3-6-9/h1-8H,(H,13,14)/b7-4+,10-8-. The van der Waals surface area contributed by atoms with Crippen molar-refractivity contribution in [3.05, 3.63) is 53.9 Å². The average Bonchev–Trinajstić information content (AvgIpc) is 2.19. The zero-order chi connectivity index (χ0) is 10.4. The summed E-state index contributed by atoms with van der Waals surface area (Å²) in [6.45, 7) is 0. The van der Waals surface area contributed by atoms with Gasteiger partial charge in [-0.3, -0.25) is 0 Å². The molecule has 72 valence electrons. The molecule has 1 rings (SSSR count). The first-order valence-electron chi connectivity index (χ1n) is 4.02. The number of hydrogen-bond acceptors (Lipinski definition) is 1. The van der Waals surface area contributed by atoms with Crippen LogP contribution in [-0.4, -0.2) is 11.1 Å². The fourth-order valence-electron chi connectivity index (χ4n) is 0.879. The van der Waals surface area contributed by atoms with Crippen molar-refractivity contribution in [1.29, 1.82) is 0 Å². The number of aliphatic carboxylic acids is 1. The van der Waals surface area contributed by atoms with E-state index in [4.69, 9.17) is 5.11 Å². The van der Waals surface area contributed by atoms with Crippen molar-refractivity contribution in [2.45, 2.75) is 0 Å². The van der Waals surface area contributed by atoms with Crippen LogP contribution in [0.3, 0.4) is 0 Å². The Morgan fingerprint density at radius 2 is 1.93 bits per heavy atom. The summed E-state index contributed by atoms with van der Waals surface area (Å²) in [5.41, 5.74) is 0.891. The molecule has 0 saturated carbocycles. The van der Waals surface area contributed by atoms with E-state index in [1.165, 1.54) is 6.08 Å². The Bertz CT molecular complexity index is 366. The lowest BCUT2D eigenvalue weighted by Gasteiger charge is -1.88. The predicted molar refractivity (Wildman–Crippen MR) is 52.3 cm³/mol. The highest BCUT2D eigenvalue weighted by molar-refractivity contribution is 5.84. The number of carboxylic acids is 1. The van der Waals surface area contributed by atoms with E-state index in [0.29, 0.717) is 0 Å². The van der Waals surface area contributed by atoms with Crippen molar-refractivity contribution in [3.8, 4) is 0 Å². The van der Waals surface area contributed by atoms with E-state index < -0.39 is 11.8 Å². The largest absolute Gasteiger partial charge is 0.476 e. The van der Waals surface area contributed by atoms with Gasteiger partial charge < -0.3 is 5.11 Å². The van der Waals surface area contributed by atoms with Gasteiger partial charge in [-0.2, -0.15) is 4.39 Å². The summed E-state index contributed by atoms with van der Waals surface area (Å²) in [6.07, 6.45) is 3.90. The molecule has 2 nitrogen and oxygen atoms in total. The number of carbonyl (C=O) groups is 1. The maximum absolute atomic E-state index is 12.4. The molecule has 0 bridgehead atoms. The van der Waals surface area contributed by atoms with Crippen molar-refractivity contribution >= 4 is 12.0 Å². The Hall–Kier alpha value is -1.90. The third-order valence-electron chi connectivity index (χ3n) is 1.54. The summed E-state index contributed by atoms with van der Waals surface area (Å²) in [6, 6.07) is 9.23. The Morgan fingerprint density at radius 1 is 1.29 bits per heavy atom. The molecule has 0 amide bonds. The third-order valence-corrected chi connectivity index (χ3v) is 1.54. The molecule has 1 aromatic carbocycles. The van der Waals surface area contributed by atoms with Crippen molar-refractivity contribution in [2.75, 3.05) is 0 Å². The molecule has 1 aromatic rings. The normalized spacial score (nSPS) is 11.9. The van der Waals surface area contributed by atoms with Gasteiger partial charge >= 0.3 is 5.97 Å². The Balaban J connectivity index is 2.66. The molecule has 1 N–H and O–H groups in total. The fourth-order valence-corrected chi connectivity index (χ4v) is 0.879. The molecule has 14 heavy (non-hydrogen) atoms. The summed E-state index contributed by atoms with van der Waals surface area (Å²) in [4.78, 5) is 10.1. The number of benzene rings is 1. The second kappa shape index (κ2) is 4.97. The average molecular weight is 192 g/mol. The van der Waals surface area contributed by atoms with Gasteiger partial charge in [0, 0.05) is 0 Å². The van der Waals surface area contributed by atoms with Gasteiger partial charge in [0.2, 0.25) is 5.83 Å². The smallest absolute Gasteiger partial charge is 0.364 e. The van der Waals surface area contributed by atoms with Gasteiger partial charge in [-0.15, -0.1) is 0 Å². The van der Waals surface area contributed by atoms with Crippen LogP contribution in [0.15, 0.2) is 48.3 Å². The van der Waals surface area contributed by atoms with Crippen LogP contribution in [0, 0.1) is 0 Å². The van der Waals surface area contributed by atoms with E-state index in [1.807, 2.05) is 30.3 Å². The van der Waals surface area contributed by atoms with E-state index in [0.717, 1.165) is 11.6 Å². The lowest BCUT2D eigenvalue weighted by Crippen LogP contribution is -1.93. The summed E-state index contributed by atoms with van der Waals surface area (Å²) in [5.74, 6) is -2.72. The second-order valence-corrected chi connectivity index (χ2v) is 2.59. The van der Waals surface area contributed by atoms with Crippen molar-refractivity contribution < 1.29 is 14.3 Å². The summed E-state index contributed by atoms with van der Waals surface area (Å²) < 4.78 is 12.4. The van der Waals surface area contributed by atoms with Gasteiger partial charge in [0.1, 0.15) is 0 Å². The topological polar surface area (TPSA) is 37.3 Å². The van der Waals surface area contributed by atoms with Gasteiger partial charge in [-0.05, 0) is 11.6 Å². The lowest BCUT2D eigenvalue weighted by molar-refractivity contribution is -0.134. The maximum atomic E-state index is 12.4. The molecule has 0 unspecified atom stereocenters. The van der Waals surface area contributed by atoms with Gasteiger partial charge in [-0.1, -0.05) is 42.5 Å². The van der Waals surface area contributed by atoms with Crippen LogP contribution in [-0.2, 0) is 4.79 Å². The Labute approximate surface area is 81.0 Å². The molecule has 0 aliphatic heterocycles. The number of halogens is 1. The first-order valence-corrected chi connectivity index (χ1v) is 4.02. The SMILES string of the molecule is O=C(O)/C(F)=C/C=C/c1ccccc1. The van der Waals surface area contributed by atoms with Crippen LogP contribution in [0.25, 0.3) is 6.08 Å². The first kappa shape index (κ1) is 10.2. The highest BCUT2D eigenvalue weighted by Gasteiger charge is 2.01. The third kappa shape index (κ3) is 3.23. The predicted octanol–water partition coefficient (Wildman–Crippen LogP) is 2.64. The van der Waals surface area contributed by atoms with Gasteiger partial charge in [0.15, 0.2) is 0 Å². The minimum Gasteiger partial charge on any atom is -0.476 e. The first-order chi connectivity index (χ1) is 6.70. The molecule has 0 fully saturated rings. The van der Waals surface area contributed by atoms with E-state index >= 15 is 0 Å². The Kier molecular flexibility index (Phi) is 3.61. The molecule has 0 aliphatic carbocycles. The number of carboxylic acid groups (broad SMARTS) is 1. The summed E-state index contributed by atoms with van der Waals surface area (Å²) in [7, 11) is 0. The van der Waals surface area contributed by atoms with Crippen LogP contribution in [0.2, 0.25) is 0 Å². The zero-order valence-electron chi connectivity index (χ0n) is 7.35. The molecule has 0 atom stereocenters. The molecular formula is C11H9FO2. The van der Waals surface area contributed by atoms with E-state index in [-0.39, 0.29) is 0 Å². The Morgan fingerprint density at radius 3 is 2.50 bits per heavy atom. The van der Waals surface area contributed by atoms with E-state index in [2.05, 4.69) is 0 Å². The molecule has 3 heteroatoms. The molecule has 0 aromatic heterocycles. The van der Waals surface area contributed by atoms with Crippen molar-refractivity contribution in [2.24, 2.45) is 0 Å². The number of hydrogen-bond donors (Lipinski definition) is 1. The van der Waals surface area contributed by atoms with Gasteiger partial charge in [0.05, 0.1) is 0 Å². The van der Waals surface area contributed by atoms with Crippen LogP contribution in [0.4, 0.5) is 4.39 Å². The van der Waals surface area contributed by atoms with Gasteiger partial charge in [0.25, 0.3) is 0 Å². The maximum Gasteiger partial charge on any atom is 0.364 e. The molecule has 0 saturated heterocycles. The molecule has 0 spiro atoms. The monoisotopic (exact) mass is 192 g/mol. The fraction of sp³-hybridized carbons (Fsp3) is 0. The quantitative estimate of drug-likeness (QED) is 0.590. The highest BCUT2D eigenvalue weighted by Crippen LogP contribution is 2.02. The van der Waals surface area contributed by atoms with Crippen LogP contribution < -0.4 is 0 Å². The number of rotatable bonds is 3. The molecular weight excluding hydrogens is 183 g/mol. The van der Waals surface area contributed by atoms with Gasteiger partial charge in [-0.25, -0.2) is 4.79 Å². The summed E-state index contributed by atoms with van der Waals surface area (Å²) in [5, 5.41) is 8.20. The second-order valence-electron chi connectivity index (χ2n) is 2.59. The zero-order valence-corrected chi connectivity index (χ0v) is 7.35.